The number of carbonyl (C=O) groups is 2. The van der Waals surface area contributed by atoms with E-state index in [4.69, 9.17) is 4.74 Å². The lowest BCUT2D eigenvalue weighted by atomic mass is 9.78. The average Bonchev–Trinajstić information content (AvgIpc) is 3.49. The summed E-state index contributed by atoms with van der Waals surface area (Å²) >= 11 is 1.71. The van der Waals surface area contributed by atoms with Crippen molar-refractivity contribution >= 4 is 23.2 Å². The minimum absolute atomic E-state index is 0.0401. The van der Waals surface area contributed by atoms with Gasteiger partial charge in [-0.2, -0.15) is 0 Å². The molecular weight excluding hydrogens is 396 g/mol. The number of hydrogen-bond acceptors (Lipinski definition) is 4. The molecule has 2 aromatic rings. The molecule has 5 nitrogen and oxygen atoms in total. The number of hydrogen-bond donors (Lipinski definition) is 1. The number of amides is 2. The van der Waals surface area contributed by atoms with Crippen molar-refractivity contribution in [2.45, 2.75) is 51.7 Å². The second kappa shape index (κ2) is 8.90. The molecule has 1 aromatic heterocycles. The molecule has 2 unspecified atom stereocenters. The molecule has 30 heavy (non-hydrogen) atoms. The van der Waals surface area contributed by atoms with Gasteiger partial charge in [0.1, 0.15) is 6.10 Å². The molecule has 6 heteroatoms. The highest BCUT2D eigenvalue weighted by molar-refractivity contribution is 7.13. The monoisotopic (exact) mass is 426 g/mol. The Hall–Kier alpha value is -2.18. The average molecular weight is 427 g/mol. The van der Waals surface area contributed by atoms with E-state index >= 15 is 0 Å². The van der Waals surface area contributed by atoms with Crippen LogP contribution in [0.4, 0.5) is 0 Å². The van der Waals surface area contributed by atoms with Gasteiger partial charge in [0.2, 0.25) is 5.91 Å². The third-order valence-corrected chi connectivity index (χ3v) is 7.01. The van der Waals surface area contributed by atoms with E-state index in [-0.39, 0.29) is 24.0 Å². The van der Waals surface area contributed by atoms with E-state index in [9.17, 15) is 9.59 Å². The molecule has 3 heterocycles. The third kappa shape index (κ3) is 4.30. The Morgan fingerprint density at radius 2 is 2.10 bits per heavy atom. The van der Waals surface area contributed by atoms with Crippen molar-refractivity contribution < 1.29 is 14.3 Å². The van der Waals surface area contributed by atoms with Gasteiger partial charge in [-0.15, -0.1) is 11.3 Å². The summed E-state index contributed by atoms with van der Waals surface area (Å²) < 4.78 is 5.62. The van der Waals surface area contributed by atoms with Crippen molar-refractivity contribution in [2.24, 2.45) is 5.41 Å². The molecule has 2 saturated heterocycles. The standard InChI is InChI=1S/C24H30N2O3S/c1-17(2)25-23(28)24(11-12-26(16-24)22(27)20-9-5-13-29-20)15-18-7-3-4-8-19(18)21-10-6-14-30-21/h3-4,6-8,10,14,17,20H,5,9,11-13,15-16H2,1-2H3,(H,25,28). The third-order valence-electron chi connectivity index (χ3n) is 6.10. The number of ether oxygens (including phenoxy) is 1. The van der Waals surface area contributed by atoms with E-state index in [2.05, 4.69) is 35.0 Å². The van der Waals surface area contributed by atoms with Gasteiger partial charge in [-0.05, 0) is 62.1 Å². The molecule has 0 bridgehead atoms. The molecule has 160 valence electrons. The summed E-state index contributed by atoms with van der Waals surface area (Å²) in [5.74, 6) is 0.0828. The SMILES string of the molecule is CC(C)NC(=O)C1(Cc2ccccc2-c2cccs2)CCN(C(=O)C2CCCO2)C1. The Kier molecular flexibility index (Phi) is 6.25. The number of likely N-dealkylation sites (tertiary alicyclic amines) is 1. The highest BCUT2D eigenvalue weighted by Crippen LogP contribution is 2.39. The maximum absolute atomic E-state index is 13.4. The minimum Gasteiger partial charge on any atom is -0.368 e. The van der Waals surface area contributed by atoms with Crippen LogP contribution in [0.5, 0.6) is 0 Å². The van der Waals surface area contributed by atoms with Crippen LogP contribution in [-0.4, -0.2) is 48.6 Å². The summed E-state index contributed by atoms with van der Waals surface area (Å²) in [6.07, 6.45) is 2.66. The second-order valence-corrected chi connectivity index (χ2v) is 9.68. The number of nitrogens with zero attached hydrogens (tertiary/aromatic N) is 1. The summed E-state index contributed by atoms with van der Waals surface area (Å²) in [6.45, 7) is 5.66. The maximum atomic E-state index is 13.4. The second-order valence-electron chi connectivity index (χ2n) is 8.73. The Morgan fingerprint density at radius 1 is 1.27 bits per heavy atom. The summed E-state index contributed by atoms with van der Waals surface area (Å²) in [5.41, 5.74) is 1.71. The molecule has 2 aliphatic rings. The molecule has 4 rings (SSSR count). The molecule has 1 N–H and O–H groups in total. The molecule has 2 fully saturated rings. The number of nitrogens with one attached hydrogen (secondary N) is 1. The van der Waals surface area contributed by atoms with Crippen LogP contribution in [0.25, 0.3) is 10.4 Å². The molecular formula is C24H30N2O3S. The minimum atomic E-state index is -0.619. The molecule has 0 radical (unpaired) electrons. The number of rotatable bonds is 6. The van der Waals surface area contributed by atoms with Crippen LogP contribution in [0.15, 0.2) is 41.8 Å². The number of benzene rings is 1. The largest absolute Gasteiger partial charge is 0.368 e. The van der Waals surface area contributed by atoms with Crippen LogP contribution in [0.1, 0.15) is 38.7 Å². The van der Waals surface area contributed by atoms with Gasteiger partial charge in [-0.3, -0.25) is 9.59 Å². The van der Waals surface area contributed by atoms with Crippen LogP contribution >= 0.6 is 11.3 Å². The zero-order valence-electron chi connectivity index (χ0n) is 17.7. The molecule has 1 aromatic carbocycles. The summed E-state index contributed by atoms with van der Waals surface area (Å²) in [6, 6.07) is 12.5. The predicted molar refractivity (Wildman–Crippen MR) is 119 cm³/mol. The van der Waals surface area contributed by atoms with Crippen molar-refractivity contribution in [1.29, 1.82) is 0 Å². The van der Waals surface area contributed by atoms with Gasteiger partial charge in [0, 0.05) is 30.6 Å². The van der Waals surface area contributed by atoms with Crippen molar-refractivity contribution in [3.8, 4) is 10.4 Å². The zero-order chi connectivity index (χ0) is 21.1. The van der Waals surface area contributed by atoms with Crippen LogP contribution in [0.3, 0.4) is 0 Å². The van der Waals surface area contributed by atoms with Crippen LogP contribution in [0.2, 0.25) is 0 Å². The highest BCUT2D eigenvalue weighted by atomic mass is 32.1. The molecule has 0 spiro atoms. The van der Waals surface area contributed by atoms with Gasteiger partial charge in [0.15, 0.2) is 0 Å². The smallest absolute Gasteiger partial charge is 0.251 e. The lowest BCUT2D eigenvalue weighted by Gasteiger charge is -2.30. The molecule has 2 aliphatic heterocycles. The maximum Gasteiger partial charge on any atom is 0.251 e. The van der Waals surface area contributed by atoms with Crippen molar-refractivity contribution in [3.63, 3.8) is 0 Å². The molecule has 2 amide bonds. The van der Waals surface area contributed by atoms with E-state index in [1.807, 2.05) is 30.9 Å². The van der Waals surface area contributed by atoms with Gasteiger partial charge < -0.3 is 15.0 Å². The fourth-order valence-corrected chi connectivity index (χ4v) is 5.36. The Balaban J connectivity index is 1.62. The van der Waals surface area contributed by atoms with Crippen LogP contribution < -0.4 is 5.32 Å². The quantitative estimate of drug-likeness (QED) is 0.763. The first kappa shape index (κ1) is 21.1. The predicted octanol–water partition coefficient (Wildman–Crippen LogP) is 3.88. The first-order chi connectivity index (χ1) is 14.5. The van der Waals surface area contributed by atoms with Gasteiger partial charge >= 0.3 is 0 Å². The lowest BCUT2D eigenvalue weighted by Crippen LogP contribution is -2.48. The van der Waals surface area contributed by atoms with Crippen molar-refractivity contribution in [3.05, 3.63) is 47.3 Å². The van der Waals surface area contributed by atoms with E-state index in [1.54, 1.807) is 11.3 Å². The van der Waals surface area contributed by atoms with Crippen molar-refractivity contribution in [2.75, 3.05) is 19.7 Å². The van der Waals surface area contributed by atoms with E-state index < -0.39 is 5.41 Å². The number of carbonyl (C=O) groups excluding carboxylic acids is 2. The summed E-state index contributed by atoms with van der Waals surface area (Å²) in [7, 11) is 0. The summed E-state index contributed by atoms with van der Waals surface area (Å²) in [5, 5.41) is 5.20. The molecule has 2 atom stereocenters. The highest BCUT2D eigenvalue weighted by Gasteiger charge is 2.47. The Bertz CT molecular complexity index is 890. The van der Waals surface area contributed by atoms with Crippen LogP contribution in [0, 0.1) is 5.41 Å². The molecule has 0 aliphatic carbocycles. The van der Waals surface area contributed by atoms with Gasteiger partial charge in [-0.1, -0.05) is 30.3 Å². The van der Waals surface area contributed by atoms with E-state index in [0.29, 0.717) is 32.5 Å². The fourth-order valence-electron chi connectivity index (χ4n) is 4.57. The Labute approximate surface area is 182 Å². The summed E-state index contributed by atoms with van der Waals surface area (Å²) in [4.78, 5) is 29.4. The zero-order valence-corrected chi connectivity index (χ0v) is 18.5. The first-order valence-electron chi connectivity index (χ1n) is 10.8. The van der Waals surface area contributed by atoms with E-state index in [1.165, 1.54) is 10.4 Å². The first-order valence-corrected chi connectivity index (χ1v) is 11.7. The topological polar surface area (TPSA) is 58.6 Å². The van der Waals surface area contributed by atoms with Gasteiger partial charge in [0.05, 0.1) is 5.41 Å². The number of thiophene rings is 1. The van der Waals surface area contributed by atoms with Gasteiger partial charge in [-0.25, -0.2) is 0 Å². The van der Waals surface area contributed by atoms with Crippen LogP contribution in [-0.2, 0) is 20.7 Å². The Morgan fingerprint density at radius 3 is 2.80 bits per heavy atom. The van der Waals surface area contributed by atoms with Gasteiger partial charge in [0.25, 0.3) is 5.91 Å². The fraction of sp³-hybridized carbons (Fsp3) is 0.500. The lowest BCUT2D eigenvalue weighted by molar-refractivity contribution is -0.141. The van der Waals surface area contributed by atoms with Crippen molar-refractivity contribution in [1.82, 2.24) is 10.2 Å². The van der Waals surface area contributed by atoms with E-state index in [0.717, 1.165) is 18.4 Å². The normalized spacial score (nSPS) is 23.8. The molecule has 0 saturated carbocycles.